The monoisotopic (exact) mass is 252 g/mol. The van der Waals surface area contributed by atoms with Crippen LogP contribution in [-0.2, 0) is 4.79 Å². The SMILES string of the molecule is CC(C)NC(=O)COc1ccc(C(=O)O)cc1N. The molecular weight excluding hydrogens is 236 g/mol. The molecule has 98 valence electrons. The van der Waals surface area contributed by atoms with Gasteiger partial charge in [-0.3, -0.25) is 4.79 Å². The van der Waals surface area contributed by atoms with Crippen molar-refractivity contribution in [3.63, 3.8) is 0 Å². The van der Waals surface area contributed by atoms with Crippen molar-refractivity contribution in [1.29, 1.82) is 0 Å². The van der Waals surface area contributed by atoms with Crippen molar-refractivity contribution in [3.05, 3.63) is 23.8 Å². The molecule has 1 aromatic carbocycles. The molecule has 4 N–H and O–H groups in total. The number of hydrogen-bond donors (Lipinski definition) is 3. The van der Waals surface area contributed by atoms with Crippen LogP contribution in [0.3, 0.4) is 0 Å². The number of aromatic carboxylic acids is 1. The van der Waals surface area contributed by atoms with Crippen LogP contribution in [-0.4, -0.2) is 29.6 Å². The van der Waals surface area contributed by atoms with Crippen molar-refractivity contribution in [3.8, 4) is 5.75 Å². The Kier molecular flexibility index (Phi) is 4.53. The number of carboxylic acids is 1. The van der Waals surface area contributed by atoms with Crippen LogP contribution in [0.1, 0.15) is 24.2 Å². The molecule has 0 aliphatic carbocycles. The van der Waals surface area contributed by atoms with Crippen molar-refractivity contribution in [2.75, 3.05) is 12.3 Å². The Morgan fingerprint density at radius 3 is 2.61 bits per heavy atom. The summed E-state index contributed by atoms with van der Waals surface area (Å²) in [7, 11) is 0. The van der Waals surface area contributed by atoms with Crippen molar-refractivity contribution in [1.82, 2.24) is 5.32 Å². The van der Waals surface area contributed by atoms with Gasteiger partial charge in [-0.05, 0) is 32.0 Å². The Hall–Kier alpha value is -2.24. The van der Waals surface area contributed by atoms with Gasteiger partial charge in [0.15, 0.2) is 6.61 Å². The maximum Gasteiger partial charge on any atom is 0.335 e. The zero-order valence-electron chi connectivity index (χ0n) is 10.3. The molecule has 1 aromatic rings. The molecule has 0 spiro atoms. The number of carbonyl (C=O) groups is 2. The molecule has 0 radical (unpaired) electrons. The van der Waals surface area contributed by atoms with E-state index in [2.05, 4.69) is 5.32 Å². The van der Waals surface area contributed by atoms with Crippen LogP contribution in [0.25, 0.3) is 0 Å². The van der Waals surface area contributed by atoms with E-state index < -0.39 is 5.97 Å². The molecule has 6 nitrogen and oxygen atoms in total. The third-order valence-electron chi connectivity index (χ3n) is 2.07. The summed E-state index contributed by atoms with van der Waals surface area (Å²) in [5, 5.41) is 11.4. The Morgan fingerprint density at radius 1 is 1.44 bits per heavy atom. The van der Waals surface area contributed by atoms with E-state index in [4.69, 9.17) is 15.6 Å². The molecule has 0 saturated heterocycles. The van der Waals surface area contributed by atoms with E-state index in [0.717, 1.165) is 0 Å². The first-order chi connectivity index (χ1) is 8.40. The van der Waals surface area contributed by atoms with Crippen molar-refractivity contribution in [2.45, 2.75) is 19.9 Å². The summed E-state index contributed by atoms with van der Waals surface area (Å²) >= 11 is 0. The third kappa shape index (κ3) is 3.97. The number of nitrogens with two attached hydrogens (primary N) is 1. The van der Waals surface area contributed by atoms with Crippen molar-refractivity contribution < 1.29 is 19.4 Å². The fourth-order valence-corrected chi connectivity index (χ4v) is 1.32. The number of rotatable bonds is 5. The summed E-state index contributed by atoms with van der Waals surface area (Å²) in [6.07, 6.45) is 0. The summed E-state index contributed by atoms with van der Waals surface area (Å²) in [6, 6.07) is 4.13. The van der Waals surface area contributed by atoms with Crippen LogP contribution in [0, 0.1) is 0 Å². The normalized spacial score (nSPS) is 10.2. The summed E-state index contributed by atoms with van der Waals surface area (Å²) in [4.78, 5) is 22.0. The highest BCUT2D eigenvalue weighted by Crippen LogP contribution is 2.22. The molecule has 0 heterocycles. The Morgan fingerprint density at radius 2 is 2.11 bits per heavy atom. The molecule has 1 amide bonds. The zero-order chi connectivity index (χ0) is 13.7. The lowest BCUT2D eigenvalue weighted by molar-refractivity contribution is -0.123. The predicted molar refractivity (Wildman–Crippen MR) is 66.6 cm³/mol. The Bertz CT molecular complexity index is 457. The molecule has 0 aliphatic heterocycles. The first-order valence-electron chi connectivity index (χ1n) is 5.45. The average molecular weight is 252 g/mol. The lowest BCUT2D eigenvalue weighted by Crippen LogP contribution is -2.34. The fraction of sp³-hybridized carbons (Fsp3) is 0.333. The second-order valence-corrected chi connectivity index (χ2v) is 4.07. The van der Waals surface area contributed by atoms with Gasteiger partial charge in [-0.1, -0.05) is 0 Å². The van der Waals surface area contributed by atoms with Crippen LogP contribution < -0.4 is 15.8 Å². The lowest BCUT2D eigenvalue weighted by atomic mass is 10.2. The van der Waals surface area contributed by atoms with E-state index in [0.29, 0.717) is 5.75 Å². The summed E-state index contributed by atoms with van der Waals surface area (Å²) in [6.45, 7) is 3.52. The quantitative estimate of drug-likeness (QED) is 0.675. The van der Waals surface area contributed by atoms with Crippen LogP contribution in [0.2, 0.25) is 0 Å². The average Bonchev–Trinajstić information content (AvgIpc) is 2.26. The molecule has 0 atom stereocenters. The maximum atomic E-state index is 11.3. The minimum Gasteiger partial charge on any atom is -0.482 e. The van der Waals surface area contributed by atoms with Gasteiger partial charge in [0.2, 0.25) is 0 Å². The van der Waals surface area contributed by atoms with Crippen LogP contribution in [0.5, 0.6) is 5.75 Å². The van der Waals surface area contributed by atoms with E-state index in [1.807, 2.05) is 13.8 Å². The summed E-state index contributed by atoms with van der Waals surface area (Å²) in [5.41, 5.74) is 5.89. The number of carboxylic acid groups (broad SMARTS) is 1. The lowest BCUT2D eigenvalue weighted by Gasteiger charge is -2.11. The molecule has 0 aromatic heterocycles. The molecule has 0 fully saturated rings. The molecule has 1 rings (SSSR count). The van der Waals surface area contributed by atoms with Gasteiger partial charge in [0, 0.05) is 6.04 Å². The van der Waals surface area contributed by atoms with Crippen LogP contribution in [0.15, 0.2) is 18.2 Å². The molecular formula is C12H16N2O4. The Balaban J connectivity index is 2.63. The third-order valence-corrected chi connectivity index (χ3v) is 2.07. The largest absolute Gasteiger partial charge is 0.482 e. The first-order valence-corrected chi connectivity index (χ1v) is 5.45. The minimum absolute atomic E-state index is 0.0350. The van der Waals surface area contributed by atoms with E-state index >= 15 is 0 Å². The van der Waals surface area contributed by atoms with Crippen molar-refractivity contribution in [2.24, 2.45) is 0 Å². The fourth-order valence-electron chi connectivity index (χ4n) is 1.32. The van der Waals surface area contributed by atoms with E-state index in [1.165, 1.54) is 18.2 Å². The number of carbonyl (C=O) groups excluding carboxylic acids is 1. The van der Waals surface area contributed by atoms with Gasteiger partial charge in [0.1, 0.15) is 5.75 Å². The molecule has 0 saturated carbocycles. The van der Waals surface area contributed by atoms with Crippen LogP contribution >= 0.6 is 0 Å². The highest BCUT2D eigenvalue weighted by atomic mass is 16.5. The number of amides is 1. The van der Waals surface area contributed by atoms with Crippen molar-refractivity contribution >= 4 is 17.6 Å². The van der Waals surface area contributed by atoms with Gasteiger partial charge in [-0.15, -0.1) is 0 Å². The number of ether oxygens (including phenoxy) is 1. The van der Waals surface area contributed by atoms with Gasteiger partial charge in [0.05, 0.1) is 11.3 Å². The summed E-state index contributed by atoms with van der Waals surface area (Å²) < 4.78 is 5.20. The predicted octanol–water partition coefficient (Wildman–Crippen LogP) is 0.870. The highest BCUT2D eigenvalue weighted by Gasteiger charge is 2.09. The molecule has 0 aliphatic rings. The second-order valence-electron chi connectivity index (χ2n) is 4.07. The maximum absolute atomic E-state index is 11.3. The van der Waals surface area contributed by atoms with Gasteiger partial charge in [-0.2, -0.15) is 0 Å². The number of hydrogen-bond acceptors (Lipinski definition) is 4. The first kappa shape index (κ1) is 13.8. The van der Waals surface area contributed by atoms with E-state index in [1.54, 1.807) is 0 Å². The highest BCUT2D eigenvalue weighted by molar-refractivity contribution is 5.89. The smallest absolute Gasteiger partial charge is 0.335 e. The number of nitrogen functional groups attached to an aromatic ring is 1. The van der Waals surface area contributed by atoms with Gasteiger partial charge >= 0.3 is 5.97 Å². The van der Waals surface area contributed by atoms with E-state index in [-0.39, 0.29) is 29.8 Å². The zero-order valence-corrected chi connectivity index (χ0v) is 10.3. The number of nitrogens with one attached hydrogen (secondary N) is 1. The minimum atomic E-state index is -1.06. The topological polar surface area (TPSA) is 102 Å². The molecule has 18 heavy (non-hydrogen) atoms. The number of benzene rings is 1. The second kappa shape index (κ2) is 5.90. The van der Waals surface area contributed by atoms with E-state index in [9.17, 15) is 9.59 Å². The van der Waals surface area contributed by atoms with Gasteiger partial charge in [-0.25, -0.2) is 4.79 Å². The van der Waals surface area contributed by atoms with Gasteiger partial charge < -0.3 is 20.9 Å². The Labute approximate surface area is 105 Å². The van der Waals surface area contributed by atoms with Gasteiger partial charge in [0.25, 0.3) is 5.91 Å². The number of anilines is 1. The molecule has 6 heteroatoms. The molecule has 0 unspecified atom stereocenters. The molecule has 0 bridgehead atoms. The standard InChI is InChI=1S/C12H16N2O4/c1-7(2)14-11(15)6-18-10-4-3-8(12(16)17)5-9(10)13/h3-5,7H,6,13H2,1-2H3,(H,14,15)(H,16,17). The summed E-state index contributed by atoms with van der Waals surface area (Å²) in [5.74, 6) is -1.03. The van der Waals surface area contributed by atoms with Crippen LogP contribution in [0.4, 0.5) is 5.69 Å².